The maximum absolute atomic E-state index is 6.49. The van der Waals surface area contributed by atoms with E-state index in [-0.39, 0.29) is 6.04 Å². The van der Waals surface area contributed by atoms with E-state index in [0.717, 1.165) is 13.0 Å². The molecule has 2 N–H and O–H groups in total. The molecule has 4 unspecified atom stereocenters. The third-order valence-corrected chi connectivity index (χ3v) is 5.89. The number of aryl methyl sites for hydroxylation is 1. The summed E-state index contributed by atoms with van der Waals surface area (Å²) in [5, 5.41) is 0.681. The molecule has 1 aliphatic heterocycles. The van der Waals surface area contributed by atoms with E-state index in [2.05, 4.69) is 68.6 Å². The van der Waals surface area contributed by atoms with Crippen LogP contribution in [-0.2, 0) is 0 Å². The number of thioether (sulfide) groups is 1. The van der Waals surface area contributed by atoms with Gasteiger partial charge in [-0.15, -0.1) is 0 Å². The van der Waals surface area contributed by atoms with Crippen molar-refractivity contribution in [2.24, 2.45) is 5.73 Å². The quantitative estimate of drug-likeness (QED) is 0.919. The van der Waals surface area contributed by atoms with Crippen molar-refractivity contribution in [2.45, 2.75) is 57.5 Å². The third-order valence-electron chi connectivity index (χ3n) is 4.55. The van der Waals surface area contributed by atoms with E-state index in [4.69, 9.17) is 5.73 Å². The standard InChI is InChI=1S/C17H28N2S/c1-5-16(18)17(15-8-6-7-12(2)11-15)19-9-10-20-14(4)13(19)3/h6-8,11,13-14,16-17H,5,9-10,18H2,1-4H3. The highest BCUT2D eigenvalue weighted by Gasteiger charge is 2.34. The Labute approximate surface area is 128 Å². The lowest BCUT2D eigenvalue weighted by molar-refractivity contribution is 0.124. The van der Waals surface area contributed by atoms with Gasteiger partial charge in [-0.1, -0.05) is 43.7 Å². The fraction of sp³-hybridized carbons (Fsp3) is 0.647. The molecular weight excluding hydrogens is 264 g/mol. The molecule has 1 heterocycles. The van der Waals surface area contributed by atoms with Crippen molar-refractivity contribution >= 4 is 11.8 Å². The summed E-state index contributed by atoms with van der Waals surface area (Å²) in [6.07, 6.45) is 1.02. The second-order valence-corrected chi connectivity index (χ2v) is 7.47. The van der Waals surface area contributed by atoms with Gasteiger partial charge >= 0.3 is 0 Å². The SMILES string of the molecule is CCC(N)C(c1cccc(C)c1)N1CCSC(C)C1C. The molecule has 0 aromatic heterocycles. The Morgan fingerprint density at radius 1 is 1.40 bits per heavy atom. The molecule has 20 heavy (non-hydrogen) atoms. The predicted molar refractivity (Wildman–Crippen MR) is 90.3 cm³/mol. The van der Waals surface area contributed by atoms with Crippen LogP contribution in [0.15, 0.2) is 24.3 Å². The van der Waals surface area contributed by atoms with Crippen LogP contribution in [0.4, 0.5) is 0 Å². The number of hydrogen-bond donors (Lipinski definition) is 1. The Balaban J connectivity index is 2.32. The molecule has 1 saturated heterocycles. The van der Waals surface area contributed by atoms with Gasteiger partial charge in [0.2, 0.25) is 0 Å². The first-order chi connectivity index (χ1) is 9.54. The van der Waals surface area contributed by atoms with Gasteiger partial charge in [-0.3, -0.25) is 4.90 Å². The zero-order valence-corrected chi connectivity index (χ0v) is 14.0. The van der Waals surface area contributed by atoms with Gasteiger partial charge < -0.3 is 5.73 Å². The molecule has 2 nitrogen and oxygen atoms in total. The van der Waals surface area contributed by atoms with Crippen molar-refractivity contribution in [1.29, 1.82) is 0 Å². The first kappa shape index (κ1) is 15.9. The Morgan fingerprint density at radius 3 is 2.80 bits per heavy atom. The molecule has 1 fully saturated rings. The van der Waals surface area contributed by atoms with Crippen LogP contribution in [0.2, 0.25) is 0 Å². The Kier molecular flexibility index (Phi) is 5.53. The topological polar surface area (TPSA) is 29.3 Å². The number of nitrogens with two attached hydrogens (primary N) is 1. The predicted octanol–water partition coefficient (Wildman–Crippen LogP) is 3.60. The maximum Gasteiger partial charge on any atom is 0.0502 e. The second kappa shape index (κ2) is 6.97. The highest BCUT2D eigenvalue weighted by molar-refractivity contribution is 8.00. The summed E-state index contributed by atoms with van der Waals surface area (Å²) < 4.78 is 0. The molecule has 0 amide bonds. The first-order valence-corrected chi connectivity index (χ1v) is 8.79. The van der Waals surface area contributed by atoms with E-state index < -0.39 is 0 Å². The minimum atomic E-state index is 0.203. The fourth-order valence-electron chi connectivity index (χ4n) is 3.11. The third kappa shape index (κ3) is 3.38. The largest absolute Gasteiger partial charge is 0.326 e. The van der Waals surface area contributed by atoms with Gasteiger partial charge in [-0.2, -0.15) is 11.8 Å². The molecule has 3 heteroatoms. The minimum Gasteiger partial charge on any atom is -0.326 e. The van der Waals surface area contributed by atoms with Crippen LogP contribution in [0, 0.1) is 6.92 Å². The van der Waals surface area contributed by atoms with Crippen molar-refractivity contribution in [1.82, 2.24) is 4.90 Å². The van der Waals surface area contributed by atoms with E-state index in [0.29, 0.717) is 17.3 Å². The maximum atomic E-state index is 6.49. The molecule has 0 aliphatic carbocycles. The smallest absolute Gasteiger partial charge is 0.0502 e. The lowest BCUT2D eigenvalue weighted by Gasteiger charge is -2.44. The highest BCUT2D eigenvalue weighted by atomic mass is 32.2. The van der Waals surface area contributed by atoms with E-state index >= 15 is 0 Å². The van der Waals surface area contributed by atoms with Crippen molar-refractivity contribution in [3.05, 3.63) is 35.4 Å². The van der Waals surface area contributed by atoms with E-state index in [1.807, 2.05) is 0 Å². The minimum absolute atomic E-state index is 0.203. The second-order valence-electron chi connectivity index (χ2n) is 5.99. The molecule has 0 saturated carbocycles. The van der Waals surface area contributed by atoms with Gasteiger partial charge in [-0.25, -0.2) is 0 Å². The van der Waals surface area contributed by atoms with Crippen molar-refractivity contribution < 1.29 is 0 Å². The monoisotopic (exact) mass is 292 g/mol. The molecule has 0 spiro atoms. The van der Waals surface area contributed by atoms with Crippen molar-refractivity contribution in [2.75, 3.05) is 12.3 Å². The summed E-state index contributed by atoms with van der Waals surface area (Å²) in [5.74, 6) is 1.21. The zero-order chi connectivity index (χ0) is 14.7. The van der Waals surface area contributed by atoms with Gasteiger partial charge in [0, 0.05) is 29.6 Å². The van der Waals surface area contributed by atoms with E-state index in [1.54, 1.807) is 0 Å². The molecule has 112 valence electrons. The summed E-state index contributed by atoms with van der Waals surface area (Å²) in [4.78, 5) is 2.63. The molecule has 1 aromatic carbocycles. The summed E-state index contributed by atoms with van der Waals surface area (Å²) in [6.45, 7) is 10.2. The van der Waals surface area contributed by atoms with Gasteiger partial charge in [-0.05, 0) is 25.8 Å². The molecule has 0 radical (unpaired) electrons. The van der Waals surface area contributed by atoms with Gasteiger partial charge in [0.1, 0.15) is 0 Å². The number of hydrogen-bond acceptors (Lipinski definition) is 3. The van der Waals surface area contributed by atoms with Crippen LogP contribution in [0.1, 0.15) is 44.4 Å². The van der Waals surface area contributed by atoms with Crippen LogP contribution < -0.4 is 5.73 Å². The van der Waals surface area contributed by atoms with Gasteiger partial charge in [0.25, 0.3) is 0 Å². The average Bonchev–Trinajstić information content (AvgIpc) is 2.43. The summed E-state index contributed by atoms with van der Waals surface area (Å²) in [5.41, 5.74) is 9.19. The number of nitrogens with zero attached hydrogens (tertiary/aromatic N) is 1. The van der Waals surface area contributed by atoms with E-state index in [9.17, 15) is 0 Å². The lowest BCUT2D eigenvalue weighted by atomic mass is 9.93. The normalized spacial score (nSPS) is 27.2. The average molecular weight is 292 g/mol. The molecule has 2 rings (SSSR count). The summed E-state index contributed by atoms with van der Waals surface area (Å²) in [7, 11) is 0. The van der Waals surface area contributed by atoms with Crippen LogP contribution in [0.25, 0.3) is 0 Å². The highest BCUT2D eigenvalue weighted by Crippen LogP contribution is 2.34. The first-order valence-electron chi connectivity index (χ1n) is 7.74. The summed E-state index contributed by atoms with van der Waals surface area (Å²) in [6, 6.07) is 10.00. The Morgan fingerprint density at radius 2 is 2.15 bits per heavy atom. The number of rotatable bonds is 4. The molecule has 0 bridgehead atoms. The van der Waals surface area contributed by atoms with Crippen molar-refractivity contribution in [3.63, 3.8) is 0 Å². The zero-order valence-electron chi connectivity index (χ0n) is 13.2. The fourth-order valence-corrected chi connectivity index (χ4v) is 4.23. The Bertz CT molecular complexity index is 435. The Hall–Kier alpha value is -0.510. The van der Waals surface area contributed by atoms with Crippen LogP contribution in [0.5, 0.6) is 0 Å². The van der Waals surface area contributed by atoms with Gasteiger partial charge in [0.15, 0.2) is 0 Å². The molecule has 1 aliphatic rings. The summed E-state index contributed by atoms with van der Waals surface area (Å²) >= 11 is 2.08. The van der Waals surface area contributed by atoms with Crippen LogP contribution in [-0.4, -0.2) is 34.5 Å². The van der Waals surface area contributed by atoms with E-state index in [1.165, 1.54) is 16.9 Å². The van der Waals surface area contributed by atoms with Gasteiger partial charge in [0.05, 0.1) is 6.04 Å². The lowest BCUT2D eigenvalue weighted by Crippen LogP contribution is -2.51. The van der Waals surface area contributed by atoms with Crippen LogP contribution >= 0.6 is 11.8 Å². The van der Waals surface area contributed by atoms with Crippen molar-refractivity contribution in [3.8, 4) is 0 Å². The van der Waals surface area contributed by atoms with Crippen LogP contribution in [0.3, 0.4) is 0 Å². The molecule has 1 aromatic rings. The molecule has 4 atom stereocenters. The molecular formula is C17H28N2S. The number of benzene rings is 1.